The normalized spacial score (nSPS) is 19.2. The Hall–Kier alpha value is -3.10. The molecule has 0 radical (unpaired) electrons. The van der Waals surface area contributed by atoms with Crippen LogP contribution in [0.2, 0.25) is 0 Å². The van der Waals surface area contributed by atoms with Gasteiger partial charge in [0.15, 0.2) is 5.82 Å². The average Bonchev–Trinajstić information content (AvgIpc) is 3.42. The second kappa shape index (κ2) is 8.92. The van der Waals surface area contributed by atoms with Crippen LogP contribution in [0.5, 0.6) is 5.75 Å². The number of piperidine rings is 1. The van der Waals surface area contributed by atoms with Crippen LogP contribution in [0.15, 0.2) is 36.4 Å². The summed E-state index contributed by atoms with van der Waals surface area (Å²) in [5.41, 5.74) is 5.06. The van der Waals surface area contributed by atoms with Crippen LogP contribution in [0.1, 0.15) is 19.3 Å². The fourth-order valence-corrected chi connectivity index (χ4v) is 5.53. The molecule has 0 aliphatic carbocycles. The van der Waals surface area contributed by atoms with Crippen molar-refractivity contribution in [1.29, 1.82) is 0 Å². The van der Waals surface area contributed by atoms with Crippen molar-refractivity contribution in [1.82, 2.24) is 30.0 Å². The Labute approximate surface area is 199 Å². The Morgan fingerprint density at radius 3 is 2.68 bits per heavy atom. The van der Waals surface area contributed by atoms with Crippen molar-refractivity contribution in [2.75, 3.05) is 58.3 Å². The van der Waals surface area contributed by atoms with E-state index in [2.05, 4.69) is 55.1 Å². The van der Waals surface area contributed by atoms with E-state index in [0.717, 1.165) is 58.3 Å². The van der Waals surface area contributed by atoms with E-state index >= 15 is 0 Å². The van der Waals surface area contributed by atoms with Gasteiger partial charge < -0.3 is 19.5 Å². The first kappa shape index (κ1) is 21.4. The van der Waals surface area contributed by atoms with E-state index in [0.29, 0.717) is 0 Å². The van der Waals surface area contributed by atoms with E-state index in [1.165, 1.54) is 51.1 Å². The Bertz CT molecular complexity index is 1290. The van der Waals surface area contributed by atoms with Crippen LogP contribution in [-0.2, 0) is 0 Å². The van der Waals surface area contributed by atoms with Gasteiger partial charge in [0.05, 0.1) is 23.7 Å². The van der Waals surface area contributed by atoms with Crippen molar-refractivity contribution in [3.8, 4) is 17.3 Å². The zero-order valence-corrected chi connectivity index (χ0v) is 20.0. The highest BCUT2D eigenvalue weighted by Crippen LogP contribution is 2.31. The SMILES string of the molecule is COc1ccc2[nH]nc(-c3nc4ccc(N5CCC(N6CCCN(C)CC6)CC5)cc4[nH]3)c2c1. The van der Waals surface area contributed by atoms with Gasteiger partial charge in [0, 0.05) is 43.3 Å². The molecule has 2 N–H and O–H groups in total. The van der Waals surface area contributed by atoms with Crippen molar-refractivity contribution in [2.45, 2.75) is 25.3 Å². The molecule has 0 atom stereocenters. The van der Waals surface area contributed by atoms with E-state index in [1.54, 1.807) is 7.11 Å². The lowest BCUT2D eigenvalue weighted by molar-refractivity contribution is 0.174. The maximum Gasteiger partial charge on any atom is 0.159 e. The molecular formula is C26H33N7O. The van der Waals surface area contributed by atoms with Crippen molar-refractivity contribution in [3.05, 3.63) is 36.4 Å². The van der Waals surface area contributed by atoms with Gasteiger partial charge in [-0.05, 0) is 75.8 Å². The molecule has 0 amide bonds. The summed E-state index contributed by atoms with van der Waals surface area (Å²) in [6.07, 6.45) is 3.75. The summed E-state index contributed by atoms with van der Waals surface area (Å²) in [4.78, 5) is 16.0. The van der Waals surface area contributed by atoms with Crippen LogP contribution in [0.25, 0.3) is 33.5 Å². The van der Waals surface area contributed by atoms with Gasteiger partial charge in [0.25, 0.3) is 0 Å². The molecular weight excluding hydrogens is 426 g/mol. The minimum Gasteiger partial charge on any atom is -0.497 e. The molecule has 6 rings (SSSR count). The Balaban J connectivity index is 1.19. The molecule has 4 heterocycles. The van der Waals surface area contributed by atoms with E-state index in [4.69, 9.17) is 9.72 Å². The summed E-state index contributed by atoms with van der Waals surface area (Å²) in [7, 11) is 3.92. The van der Waals surface area contributed by atoms with Gasteiger partial charge in [0.1, 0.15) is 11.4 Å². The Morgan fingerprint density at radius 2 is 1.82 bits per heavy atom. The zero-order chi connectivity index (χ0) is 23.1. The maximum atomic E-state index is 5.40. The molecule has 0 spiro atoms. The monoisotopic (exact) mass is 459 g/mol. The minimum absolute atomic E-state index is 0.718. The molecule has 0 saturated carbocycles. The number of rotatable bonds is 4. The van der Waals surface area contributed by atoms with Crippen LogP contribution >= 0.6 is 0 Å². The summed E-state index contributed by atoms with van der Waals surface area (Å²) >= 11 is 0. The highest BCUT2D eigenvalue weighted by atomic mass is 16.5. The lowest BCUT2D eigenvalue weighted by Crippen LogP contribution is -2.46. The predicted octanol–water partition coefficient (Wildman–Crippen LogP) is 3.72. The number of hydrogen-bond donors (Lipinski definition) is 2. The van der Waals surface area contributed by atoms with Crippen molar-refractivity contribution in [2.24, 2.45) is 0 Å². The van der Waals surface area contributed by atoms with E-state index in [-0.39, 0.29) is 0 Å². The number of imidazole rings is 1. The number of nitrogens with one attached hydrogen (secondary N) is 2. The number of hydrogen-bond acceptors (Lipinski definition) is 6. The number of H-pyrrole nitrogens is 2. The molecule has 0 unspecified atom stereocenters. The number of anilines is 1. The summed E-state index contributed by atoms with van der Waals surface area (Å²) < 4.78 is 5.40. The first-order valence-corrected chi connectivity index (χ1v) is 12.4. The number of fused-ring (bicyclic) bond motifs is 2. The van der Waals surface area contributed by atoms with Crippen LogP contribution in [0.3, 0.4) is 0 Å². The molecule has 34 heavy (non-hydrogen) atoms. The van der Waals surface area contributed by atoms with Crippen molar-refractivity contribution >= 4 is 27.6 Å². The topological polar surface area (TPSA) is 76.3 Å². The Kier molecular flexibility index (Phi) is 5.63. The molecule has 2 aromatic heterocycles. The summed E-state index contributed by atoms with van der Waals surface area (Å²) in [6, 6.07) is 13.2. The molecule has 0 bridgehead atoms. The average molecular weight is 460 g/mol. The molecule has 2 saturated heterocycles. The fraction of sp³-hybridized carbons (Fsp3) is 0.462. The zero-order valence-electron chi connectivity index (χ0n) is 20.0. The molecule has 4 aromatic rings. The highest BCUT2D eigenvalue weighted by molar-refractivity contribution is 5.94. The van der Waals surface area contributed by atoms with Gasteiger partial charge in [-0.1, -0.05) is 0 Å². The molecule has 178 valence electrons. The number of aromatic nitrogens is 4. The van der Waals surface area contributed by atoms with E-state index < -0.39 is 0 Å². The summed E-state index contributed by atoms with van der Waals surface area (Å²) in [5, 5.41) is 8.62. The lowest BCUT2D eigenvalue weighted by Gasteiger charge is -2.39. The first-order valence-electron chi connectivity index (χ1n) is 12.4. The highest BCUT2D eigenvalue weighted by Gasteiger charge is 2.26. The van der Waals surface area contributed by atoms with Gasteiger partial charge in [-0.2, -0.15) is 5.10 Å². The van der Waals surface area contributed by atoms with Crippen molar-refractivity contribution < 1.29 is 4.74 Å². The maximum absolute atomic E-state index is 5.40. The van der Waals surface area contributed by atoms with Gasteiger partial charge in [-0.15, -0.1) is 0 Å². The third kappa shape index (κ3) is 4.01. The van der Waals surface area contributed by atoms with Crippen LogP contribution in [0.4, 0.5) is 5.69 Å². The number of ether oxygens (including phenoxy) is 1. The number of benzene rings is 2. The lowest BCUT2D eigenvalue weighted by atomic mass is 10.0. The predicted molar refractivity (Wildman–Crippen MR) is 137 cm³/mol. The smallest absolute Gasteiger partial charge is 0.159 e. The molecule has 2 fully saturated rings. The van der Waals surface area contributed by atoms with Crippen LogP contribution in [0, 0.1) is 0 Å². The third-order valence-corrected chi connectivity index (χ3v) is 7.56. The summed E-state index contributed by atoms with van der Waals surface area (Å²) in [5.74, 6) is 1.58. The Morgan fingerprint density at radius 1 is 0.941 bits per heavy atom. The van der Waals surface area contributed by atoms with Crippen LogP contribution < -0.4 is 9.64 Å². The van der Waals surface area contributed by atoms with Gasteiger partial charge >= 0.3 is 0 Å². The quantitative estimate of drug-likeness (QED) is 0.484. The first-order chi connectivity index (χ1) is 16.7. The molecule has 8 heteroatoms. The second-order valence-electron chi connectivity index (χ2n) is 9.68. The molecule has 2 aliphatic rings. The third-order valence-electron chi connectivity index (χ3n) is 7.56. The second-order valence-corrected chi connectivity index (χ2v) is 9.68. The van der Waals surface area contributed by atoms with Crippen LogP contribution in [-0.4, -0.2) is 89.4 Å². The van der Waals surface area contributed by atoms with Crippen molar-refractivity contribution in [3.63, 3.8) is 0 Å². The number of methoxy groups -OCH3 is 1. The van der Waals surface area contributed by atoms with Gasteiger partial charge in [-0.25, -0.2) is 4.98 Å². The molecule has 2 aliphatic heterocycles. The minimum atomic E-state index is 0.718. The van der Waals surface area contributed by atoms with E-state index in [1.807, 2.05) is 18.2 Å². The summed E-state index contributed by atoms with van der Waals surface area (Å²) in [6.45, 7) is 7.07. The largest absolute Gasteiger partial charge is 0.497 e. The van der Waals surface area contributed by atoms with E-state index in [9.17, 15) is 0 Å². The van der Waals surface area contributed by atoms with Gasteiger partial charge in [0.2, 0.25) is 0 Å². The standard InChI is InChI=1S/C26H33N7O/c1-31-10-3-11-32(15-14-31)18-8-12-33(13-9-18)19-4-6-23-24(16-19)28-26(27-23)25-21-17-20(34-2)5-7-22(21)29-30-25/h4-7,16-18H,3,8-15H2,1-2H3,(H,27,28)(H,29,30). The molecule has 2 aromatic carbocycles. The molecule has 8 nitrogen and oxygen atoms in total. The fourth-order valence-electron chi connectivity index (χ4n) is 5.53. The number of nitrogens with zero attached hydrogens (tertiary/aromatic N) is 5. The number of likely N-dealkylation sites (N-methyl/N-ethyl adjacent to an activating group) is 1. The van der Waals surface area contributed by atoms with Gasteiger partial charge in [-0.3, -0.25) is 10.00 Å². The number of aromatic amines is 2.